The minimum Gasteiger partial charge on any atom is -0.858 e. The molecule has 0 aliphatic carbocycles. The van der Waals surface area contributed by atoms with E-state index < -0.39 is 35.5 Å². The summed E-state index contributed by atoms with van der Waals surface area (Å²) in [6.07, 6.45) is 0. The predicted octanol–water partition coefficient (Wildman–Crippen LogP) is 0.305. The van der Waals surface area contributed by atoms with E-state index in [0.717, 1.165) is 0 Å². The van der Waals surface area contributed by atoms with Crippen LogP contribution in [0.15, 0.2) is 9.98 Å². The number of halogens is 8. The van der Waals surface area contributed by atoms with E-state index in [0.29, 0.717) is 0 Å². The quantitative estimate of drug-likeness (QED) is 0.416. The maximum absolute atomic E-state index is 13.0. The van der Waals surface area contributed by atoms with Gasteiger partial charge in [-0.25, -0.2) is 0 Å². The second-order valence-electron chi connectivity index (χ2n) is 3.36. The van der Waals surface area contributed by atoms with Crippen LogP contribution in [0.25, 0.3) is 0 Å². The third-order valence-electron chi connectivity index (χ3n) is 2.13. The van der Waals surface area contributed by atoms with Gasteiger partial charge in [0, 0.05) is 25.9 Å². The molecule has 12 heteroatoms. The minimum absolute atomic E-state index is 0.273. The molecule has 0 heterocycles. The molecule has 0 aromatic heterocycles. The van der Waals surface area contributed by atoms with Gasteiger partial charge in [-0.2, -0.15) is 35.1 Å². The fourth-order valence-corrected chi connectivity index (χ4v) is 0.944. The number of hydrogen-bond donors (Lipinski definition) is 0. The average molecular weight is 314 g/mol. The van der Waals surface area contributed by atoms with Crippen molar-refractivity contribution in [1.82, 2.24) is 0 Å². The predicted molar refractivity (Wildman–Crippen MR) is 46.5 cm³/mol. The molecule has 118 valence electrons. The lowest BCUT2D eigenvalue weighted by Crippen LogP contribution is -2.69. The van der Waals surface area contributed by atoms with Crippen LogP contribution in [0.4, 0.5) is 35.1 Å². The summed E-state index contributed by atoms with van der Waals surface area (Å²) < 4.78 is 103. The van der Waals surface area contributed by atoms with Crippen molar-refractivity contribution < 1.29 is 45.3 Å². The van der Waals surface area contributed by atoms with Gasteiger partial charge in [0.2, 0.25) is 0 Å². The Balaban J connectivity index is 6.07. The number of aliphatic imine (C=N–C) groups is 2. The van der Waals surface area contributed by atoms with Crippen LogP contribution in [-0.4, -0.2) is 49.6 Å². The van der Waals surface area contributed by atoms with Crippen molar-refractivity contribution in [1.29, 1.82) is 0 Å². The maximum Gasteiger partial charge on any atom is 0.383 e. The summed E-state index contributed by atoms with van der Waals surface area (Å²) >= 11 is 0. The molecule has 0 fully saturated rings. The Morgan fingerprint density at radius 1 is 0.650 bits per heavy atom. The highest BCUT2D eigenvalue weighted by molar-refractivity contribution is 5.83. The Hall–Kier alpha value is -1.62. The first-order chi connectivity index (χ1) is 8.71. The molecule has 20 heavy (non-hydrogen) atoms. The van der Waals surface area contributed by atoms with Gasteiger partial charge in [-0.15, -0.1) is 0 Å². The van der Waals surface area contributed by atoms with Gasteiger partial charge in [0.15, 0.2) is 0 Å². The largest absolute Gasteiger partial charge is 0.858 e. The van der Waals surface area contributed by atoms with Gasteiger partial charge in [0.1, 0.15) is 0 Å². The molecule has 0 N–H and O–H groups in total. The first-order valence-electron chi connectivity index (χ1n) is 4.51. The van der Waals surface area contributed by atoms with Crippen LogP contribution in [0.5, 0.6) is 0 Å². The Bertz CT molecular complexity index is 392. The molecule has 4 nitrogen and oxygen atoms in total. The van der Waals surface area contributed by atoms with Gasteiger partial charge in [-0.05, 0) is 0 Å². The zero-order valence-corrected chi connectivity index (χ0v) is 9.73. The SMILES string of the molecule is CN=C([O-])C(F)(F)C(F)(F)C(F)(F)C(F)(F)C([O-])=NC. The van der Waals surface area contributed by atoms with E-state index in [4.69, 9.17) is 0 Å². The van der Waals surface area contributed by atoms with Gasteiger partial charge in [-0.3, -0.25) is 0 Å². The summed E-state index contributed by atoms with van der Waals surface area (Å²) in [7, 11) is 0.546. The molecule has 0 atom stereocenters. The molecule has 0 bridgehead atoms. The normalized spacial score (nSPS) is 16.5. The first-order valence-corrected chi connectivity index (χ1v) is 4.51. The van der Waals surface area contributed by atoms with Gasteiger partial charge in [0.05, 0.1) is 0 Å². The van der Waals surface area contributed by atoms with Crippen LogP contribution < -0.4 is 10.2 Å². The van der Waals surface area contributed by atoms with Crippen molar-refractivity contribution in [3.63, 3.8) is 0 Å². The minimum atomic E-state index is -6.86. The van der Waals surface area contributed by atoms with Crippen LogP contribution in [0.2, 0.25) is 0 Å². The smallest absolute Gasteiger partial charge is 0.383 e. The van der Waals surface area contributed by atoms with Crippen molar-refractivity contribution in [3.8, 4) is 0 Å². The Kier molecular flexibility index (Phi) is 4.64. The van der Waals surface area contributed by atoms with Gasteiger partial charge in [0.25, 0.3) is 0 Å². The molecule has 0 aromatic rings. The Labute approximate surface area is 106 Å². The van der Waals surface area contributed by atoms with Crippen molar-refractivity contribution >= 4 is 11.8 Å². The third kappa shape index (κ3) is 2.26. The summed E-state index contributed by atoms with van der Waals surface area (Å²) in [6.45, 7) is 0. The van der Waals surface area contributed by atoms with Gasteiger partial charge in [-0.1, -0.05) is 0 Å². The van der Waals surface area contributed by atoms with Crippen molar-refractivity contribution in [3.05, 3.63) is 0 Å². The molecule has 0 spiro atoms. The van der Waals surface area contributed by atoms with Gasteiger partial charge >= 0.3 is 23.7 Å². The zero-order chi connectivity index (χ0) is 16.6. The molecule has 0 saturated heterocycles. The first kappa shape index (κ1) is 18.4. The molecule has 0 saturated carbocycles. The molecule has 0 rings (SSSR count). The molecule has 0 amide bonds. The molecule has 0 aliphatic rings. The third-order valence-corrected chi connectivity index (χ3v) is 2.13. The van der Waals surface area contributed by atoms with Crippen molar-refractivity contribution in [2.24, 2.45) is 9.98 Å². The number of nitrogens with zero attached hydrogens (tertiary/aromatic N) is 2. The summed E-state index contributed by atoms with van der Waals surface area (Å²) in [5.41, 5.74) is 0. The number of rotatable bonds is 5. The highest BCUT2D eigenvalue weighted by Crippen LogP contribution is 2.52. The fourth-order valence-electron chi connectivity index (χ4n) is 0.944. The number of hydrogen-bond acceptors (Lipinski definition) is 4. The van der Waals surface area contributed by atoms with Crippen LogP contribution in [-0.2, 0) is 0 Å². The molecule has 0 aromatic carbocycles. The van der Waals surface area contributed by atoms with E-state index in [-0.39, 0.29) is 14.1 Å². The second kappa shape index (κ2) is 5.05. The highest BCUT2D eigenvalue weighted by Gasteiger charge is 2.80. The van der Waals surface area contributed by atoms with Gasteiger partial charge < -0.3 is 20.2 Å². The lowest BCUT2D eigenvalue weighted by molar-refractivity contribution is -0.368. The van der Waals surface area contributed by atoms with Crippen molar-refractivity contribution in [2.45, 2.75) is 23.7 Å². The Morgan fingerprint density at radius 2 is 0.850 bits per heavy atom. The Morgan fingerprint density at radius 3 is 1.00 bits per heavy atom. The number of alkyl halides is 8. The summed E-state index contributed by atoms with van der Waals surface area (Å²) in [5.74, 6) is -32.3. The standard InChI is InChI=1S/C8H8F8N2O2/c1-17-3(19)5(9,10)7(13,14)8(15,16)6(11,12)4(20)18-2/h1-2H3,(H,17,19)(H,18,20)/p-2. The maximum atomic E-state index is 13.0. The monoisotopic (exact) mass is 314 g/mol. The molecule has 0 unspecified atom stereocenters. The van der Waals surface area contributed by atoms with E-state index in [1.807, 2.05) is 9.98 Å². The fraction of sp³-hybridized carbons (Fsp3) is 0.750. The van der Waals surface area contributed by atoms with Crippen LogP contribution >= 0.6 is 0 Å². The highest BCUT2D eigenvalue weighted by atomic mass is 19.4. The lowest BCUT2D eigenvalue weighted by Gasteiger charge is -2.39. The van der Waals surface area contributed by atoms with E-state index in [1.165, 1.54) is 0 Å². The van der Waals surface area contributed by atoms with E-state index >= 15 is 0 Å². The molecule has 0 aliphatic heterocycles. The summed E-state index contributed by atoms with van der Waals surface area (Å²) in [4.78, 5) is 4.06. The van der Waals surface area contributed by atoms with Crippen molar-refractivity contribution in [2.75, 3.05) is 14.1 Å². The zero-order valence-electron chi connectivity index (χ0n) is 9.73. The summed E-state index contributed by atoms with van der Waals surface area (Å²) in [5, 5.41) is 20.8. The summed E-state index contributed by atoms with van der Waals surface area (Å²) in [6, 6.07) is 0. The lowest BCUT2D eigenvalue weighted by atomic mass is 9.98. The molecule has 0 radical (unpaired) electrons. The van der Waals surface area contributed by atoms with Crippen LogP contribution in [0.3, 0.4) is 0 Å². The average Bonchev–Trinajstić information content (AvgIpc) is 2.35. The molecular weight excluding hydrogens is 308 g/mol. The second-order valence-corrected chi connectivity index (χ2v) is 3.36. The van der Waals surface area contributed by atoms with E-state index in [1.54, 1.807) is 0 Å². The van der Waals surface area contributed by atoms with E-state index in [9.17, 15) is 45.3 Å². The van der Waals surface area contributed by atoms with Crippen LogP contribution in [0.1, 0.15) is 0 Å². The van der Waals surface area contributed by atoms with Crippen LogP contribution in [0, 0.1) is 0 Å². The van der Waals surface area contributed by atoms with E-state index in [2.05, 4.69) is 0 Å². The molecular formula is C8H6F8N2O2-2. The topological polar surface area (TPSA) is 70.8 Å².